The Morgan fingerprint density at radius 1 is 1.50 bits per heavy atom. The summed E-state index contributed by atoms with van der Waals surface area (Å²) in [7, 11) is 0. The number of hydrogen-bond donors (Lipinski definition) is 2. The van der Waals surface area contributed by atoms with Gasteiger partial charge in [0.15, 0.2) is 0 Å². The minimum atomic E-state index is -0.917. The number of likely N-dealkylation sites (tertiary alicyclic amines) is 1. The molecule has 1 spiro atoms. The highest BCUT2D eigenvalue weighted by atomic mass is 16.2. The molecule has 0 saturated carbocycles. The van der Waals surface area contributed by atoms with Crippen molar-refractivity contribution in [2.75, 3.05) is 13.1 Å². The van der Waals surface area contributed by atoms with Gasteiger partial charge in [0, 0.05) is 13.0 Å². The molecule has 2 heterocycles. The molecule has 0 aromatic rings. The molecule has 2 aliphatic rings. The van der Waals surface area contributed by atoms with Gasteiger partial charge in [-0.15, -0.1) is 6.58 Å². The predicted molar refractivity (Wildman–Crippen MR) is 64.7 cm³/mol. The van der Waals surface area contributed by atoms with Crippen molar-refractivity contribution >= 4 is 17.8 Å². The van der Waals surface area contributed by atoms with Gasteiger partial charge in [0.1, 0.15) is 5.54 Å². The number of rotatable bonds is 3. The van der Waals surface area contributed by atoms with E-state index in [9.17, 15) is 14.4 Å². The molecule has 6 nitrogen and oxygen atoms in total. The van der Waals surface area contributed by atoms with Crippen LogP contribution in [0.2, 0.25) is 0 Å². The lowest BCUT2D eigenvalue weighted by atomic mass is 9.89. The summed E-state index contributed by atoms with van der Waals surface area (Å²) in [6.45, 7) is 4.48. The summed E-state index contributed by atoms with van der Waals surface area (Å²) < 4.78 is 0. The van der Waals surface area contributed by atoms with Crippen molar-refractivity contribution in [2.24, 2.45) is 0 Å². The summed E-state index contributed by atoms with van der Waals surface area (Å²) in [6, 6.07) is -0.472. The summed E-state index contributed by atoms with van der Waals surface area (Å²) in [5, 5.41) is 4.88. The Hall–Kier alpha value is -1.85. The molecule has 2 rings (SSSR count). The first-order chi connectivity index (χ1) is 8.57. The molecule has 98 valence electrons. The summed E-state index contributed by atoms with van der Waals surface area (Å²) >= 11 is 0. The second-order valence-corrected chi connectivity index (χ2v) is 4.74. The van der Waals surface area contributed by atoms with Crippen LogP contribution in [-0.4, -0.2) is 41.4 Å². The van der Waals surface area contributed by atoms with Crippen molar-refractivity contribution in [3.05, 3.63) is 12.7 Å². The third kappa shape index (κ3) is 2.23. The first-order valence-electron chi connectivity index (χ1n) is 6.10. The average Bonchev–Trinajstić information content (AvgIpc) is 2.61. The van der Waals surface area contributed by atoms with E-state index in [4.69, 9.17) is 0 Å². The van der Waals surface area contributed by atoms with Gasteiger partial charge in [-0.2, -0.15) is 0 Å². The van der Waals surface area contributed by atoms with Gasteiger partial charge in [0.25, 0.3) is 5.91 Å². The Labute approximate surface area is 105 Å². The minimum Gasteiger partial charge on any atom is -0.340 e. The van der Waals surface area contributed by atoms with Crippen molar-refractivity contribution in [3.8, 4) is 0 Å². The smallest absolute Gasteiger partial charge is 0.322 e. The number of imide groups is 1. The van der Waals surface area contributed by atoms with Gasteiger partial charge < -0.3 is 10.2 Å². The molecule has 0 aliphatic carbocycles. The van der Waals surface area contributed by atoms with Crippen molar-refractivity contribution < 1.29 is 14.4 Å². The lowest BCUT2D eigenvalue weighted by molar-refractivity contribution is -0.136. The molecule has 18 heavy (non-hydrogen) atoms. The zero-order valence-corrected chi connectivity index (χ0v) is 10.2. The van der Waals surface area contributed by atoms with E-state index in [0.29, 0.717) is 32.2 Å². The van der Waals surface area contributed by atoms with Crippen LogP contribution < -0.4 is 10.6 Å². The van der Waals surface area contributed by atoms with E-state index in [1.165, 1.54) is 0 Å². The molecule has 4 amide bonds. The number of amides is 4. The van der Waals surface area contributed by atoms with Crippen molar-refractivity contribution in [1.82, 2.24) is 15.5 Å². The van der Waals surface area contributed by atoms with E-state index >= 15 is 0 Å². The molecule has 2 aliphatic heterocycles. The van der Waals surface area contributed by atoms with Crippen LogP contribution in [0.15, 0.2) is 12.7 Å². The van der Waals surface area contributed by atoms with E-state index in [1.54, 1.807) is 11.0 Å². The minimum absolute atomic E-state index is 0.00271. The highest BCUT2D eigenvalue weighted by Gasteiger charge is 2.49. The quantitative estimate of drug-likeness (QED) is 0.553. The number of allylic oxidation sites excluding steroid dienone is 1. The van der Waals surface area contributed by atoms with Crippen LogP contribution in [0.3, 0.4) is 0 Å². The molecule has 1 unspecified atom stereocenters. The van der Waals surface area contributed by atoms with Gasteiger partial charge in [-0.1, -0.05) is 6.08 Å². The standard InChI is InChI=1S/C12H17N3O3/c1-2-3-5-9(16)15-7-4-6-12(8-15)10(17)13-11(18)14-12/h2H,1,3-8H2,(H2,13,14,17,18). The molecule has 2 fully saturated rings. The van der Waals surface area contributed by atoms with Crippen LogP contribution >= 0.6 is 0 Å². The van der Waals surface area contributed by atoms with Crippen LogP contribution in [0.1, 0.15) is 25.7 Å². The highest BCUT2D eigenvalue weighted by Crippen LogP contribution is 2.24. The molecular formula is C12H17N3O3. The monoisotopic (exact) mass is 251 g/mol. The highest BCUT2D eigenvalue weighted by molar-refractivity contribution is 6.07. The number of piperidine rings is 1. The molecule has 0 bridgehead atoms. The van der Waals surface area contributed by atoms with Crippen LogP contribution in [-0.2, 0) is 9.59 Å². The number of carbonyl (C=O) groups excluding carboxylic acids is 3. The molecule has 2 N–H and O–H groups in total. The maximum absolute atomic E-state index is 11.9. The van der Waals surface area contributed by atoms with Crippen molar-refractivity contribution in [3.63, 3.8) is 0 Å². The van der Waals surface area contributed by atoms with Crippen molar-refractivity contribution in [1.29, 1.82) is 0 Å². The fraction of sp³-hybridized carbons (Fsp3) is 0.583. The van der Waals surface area contributed by atoms with E-state index in [-0.39, 0.29) is 18.4 Å². The molecule has 2 saturated heterocycles. The zero-order valence-electron chi connectivity index (χ0n) is 10.2. The number of carbonyl (C=O) groups is 3. The molecule has 0 radical (unpaired) electrons. The SMILES string of the molecule is C=CCCC(=O)N1CCCC2(C1)NC(=O)NC2=O. The van der Waals surface area contributed by atoms with Gasteiger partial charge in [-0.25, -0.2) is 4.79 Å². The fourth-order valence-corrected chi connectivity index (χ4v) is 2.47. The van der Waals surface area contributed by atoms with Gasteiger partial charge >= 0.3 is 6.03 Å². The maximum atomic E-state index is 11.9. The first kappa shape index (κ1) is 12.6. The second-order valence-electron chi connectivity index (χ2n) is 4.74. The third-order valence-corrected chi connectivity index (χ3v) is 3.42. The molecular weight excluding hydrogens is 234 g/mol. The Balaban J connectivity index is 2.04. The molecule has 1 atom stereocenters. The summed E-state index contributed by atoms with van der Waals surface area (Å²) in [4.78, 5) is 36.6. The Kier molecular flexibility index (Phi) is 3.36. The maximum Gasteiger partial charge on any atom is 0.322 e. The topological polar surface area (TPSA) is 78.5 Å². The summed E-state index contributed by atoms with van der Waals surface area (Å²) in [5.74, 6) is -0.323. The zero-order chi connectivity index (χ0) is 13.2. The van der Waals surface area contributed by atoms with E-state index < -0.39 is 11.6 Å². The number of nitrogens with one attached hydrogen (secondary N) is 2. The molecule has 6 heteroatoms. The first-order valence-corrected chi connectivity index (χ1v) is 6.10. The average molecular weight is 251 g/mol. The lowest BCUT2D eigenvalue weighted by Gasteiger charge is -2.38. The van der Waals surface area contributed by atoms with Crippen LogP contribution in [0.25, 0.3) is 0 Å². The summed E-state index contributed by atoms with van der Waals surface area (Å²) in [5.41, 5.74) is -0.917. The van der Waals surface area contributed by atoms with Crippen LogP contribution in [0, 0.1) is 0 Å². The largest absolute Gasteiger partial charge is 0.340 e. The second kappa shape index (κ2) is 4.80. The normalized spacial score (nSPS) is 27.0. The molecule has 0 aromatic carbocycles. The van der Waals surface area contributed by atoms with Gasteiger partial charge in [0.2, 0.25) is 5.91 Å². The lowest BCUT2D eigenvalue weighted by Crippen LogP contribution is -2.59. The van der Waals surface area contributed by atoms with Crippen LogP contribution in [0.5, 0.6) is 0 Å². The number of urea groups is 1. The Bertz CT molecular complexity index is 407. The fourth-order valence-electron chi connectivity index (χ4n) is 2.47. The van der Waals surface area contributed by atoms with Gasteiger partial charge in [-0.05, 0) is 19.3 Å². The number of nitrogens with zero attached hydrogens (tertiary/aromatic N) is 1. The van der Waals surface area contributed by atoms with E-state index in [2.05, 4.69) is 17.2 Å². The predicted octanol–water partition coefficient (Wildman–Crippen LogP) is 0.153. The van der Waals surface area contributed by atoms with E-state index in [1.807, 2.05) is 0 Å². The van der Waals surface area contributed by atoms with Crippen molar-refractivity contribution in [2.45, 2.75) is 31.2 Å². The van der Waals surface area contributed by atoms with Crippen LogP contribution in [0.4, 0.5) is 4.79 Å². The van der Waals surface area contributed by atoms with Gasteiger partial charge in [0.05, 0.1) is 6.54 Å². The summed E-state index contributed by atoms with van der Waals surface area (Å²) in [6.07, 6.45) is 4.01. The third-order valence-electron chi connectivity index (χ3n) is 3.42. The number of hydrogen-bond acceptors (Lipinski definition) is 3. The van der Waals surface area contributed by atoms with E-state index in [0.717, 1.165) is 0 Å². The molecule has 0 aromatic heterocycles. The van der Waals surface area contributed by atoms with Gasteiger partial charge in [-0.3, -0.25) is 14.9 Å². The Morgan fingerprint density at radius 3 is 2.89 bits per heavy atom. The Morgan fingerprint density at radius 2 is 2.28 bits per heavy atom.